The first kappa shape index (κ1) is 12.6. The molecule has 1 spiro atoms. The number of alkyl halides is 3. The minimum Gasteiger partial charge on any atom is -0.303 e. The maximum atomic E-state index is 12.5. The van der Waals surface area contributed by atoms with E-state index in [2.05, 4.69) is 12.2 Å². The summed E-state index contributed by atoms with van der Waals surface area (Å²) in [7, 11) is 0. The number of halogens is 3. The van der Waals surface area contributed by atoms with Crippen LogP contribution in [-0.2, 0) is 0 Å². The van der Waals surface area contributed by atoms with Gasteiger partial charge in [-0.2, -0.15) is 13.2 Å². The summed E-state index contributed by atoms with van der Waals surface area (Å²) in [4.78, 5) is -0.0474. The van der Waals surface area contributed by atoms with E-state index in [4.69, 9.17) is 0 Å². The van der Waals surface area contributed by atoms with E-state index in [9.17, 15) is 13.2 Å². The zero-order valence-electron chi connectivity index (χ0n) is 9.44. The highest BCUT2D eigenvalue weighted by Crippen LogP contribution is 2.46. The van der Waals surface area contributed by atoms with Crippen LogP contribution in [-0.4, -0.2) is 23.3 Å². The summed E-state index contributed by atoms with van der Waals surface area (Å²) in [5, 5.41) is 3.45. The van der Waals surface area contributed by atoms with Gasteiger partial charge in [0.25, 0.3) is 0 Å². The average Bonchev–Trinajstić information content (AvgIpc) is 2.22. The van der Waals surface area contributed by atoms with Crippen molar-refractivity contribution in [1.82, 2.24) is 5.32 Å². The Morgan fingerprint density at radius 2 is 1.88 bits per heavy atom. The quantitative estimate of drug-likeness (QED) is 0.710. The van der Waals surface area contributed by atoms with E-state index in [1.54, 1.807) is 0 Å². The molecule has 0 aromatic carbocycles. The molecular formula is C11H18F3NS. The molecule has 0 aromatic rings. The SMILES string of the molecule is CC1CNC2(CCC(C(F)(F)F)CC2)SC1. The third-order valence-corrected chi connectivity index (χ3v) is 5.51. The molecule has 0 aromatic heterocycles. The largest absolute Gasteiger partial charge is 0.391 e. The second kappa shape index (κ2) is 4.41. The standard InChI is InChI=1S/C11H18F3NS/c1-8-6-15-10(16-7-8)4-2-9(3-5-10)11(12,13)14/h8-9,15H,2-7H2,1H3. The zero-order chi connectivity index (χ0) is 11.8. The number of rotatable bonds is 0. The predicted octanol–water partition coefficient (Wildman–Crippen LogP) is 3.41. The fraction of sp³-hybridized carbons (Fsp3) is 1.00. The molecule has 1 heterocycles. The van der Waals surface area contributed by atoms with Gasteiger partial charge in [-0.1, -0.05) is 6.92 Å². The first-order valence-electron chi connectivity index (χ1n) is 5.87. The molecule has 2 fully saturated rings. The van der Waals surface area contributed by atoms with E-state index in [0.717, 1.165) is 12.3 Å². The molecule has 1 aliphatic carbocycles. The van der Waals surface area contributed by atoms with Crippen LogP contribution in [0.25, 0.3) is 0 Å². The van der Waals surface area contributed by atoms with Crippen molar-refractivity contribution in [2.75, 3.05) is 12.3 Å². The normalized spacial score (nSPS) is 41.2. The molecule has 16 heavy (non-hydrogen) atoms. The topological polar surface area (TPSA) is 12.0 Å². The van der Waals surface area contributed by atoms with Gasteiger partial charge >= 0.3 is 6.18 Å². The van der Waals surface area contributed by atoms with E-state index in [0.29, 0.717) is 18.8 Å². The van der Waals surface area contributed by atoms with E-state index < -0.39 is 12.1 Å². The number of thioether (sulfide) groups is 1. The second-order valence-electron chi connectivity index (χ2n) is 5.11. The Bertz CT molecular complexity index is 236. The molecule has 0 amide bonds. The lowest BCUT2D eigenvalue weighted by Crippen LogP contribution is -2.51. The summed E-state index contributed by atoms with van der Waals surface area (Å²) in [5.41, 5.74) is 0. The van der Waals surface area contributed by atoms with Crippen LogP contribution >= 0.6 is 11.8 Å². The minimum atomic E-state index is -3.99. The van der Waals surface area contributed by atoms with Crippen molar-refractivity contribution in [2.45, 2.75) is 43.7 Å². The molecule has 1 saturated carbocycles. The molecule has 0 bridgehead atoms. The van der Waals surface area contributed by atoms with Crippen molar-refractivity contribution in [3.63, 3.8) is 0 Å². The Kier molecular flexibility index (Phi) is 3.46. The third kappa shape index (κ3) is 2.67. The Labute approximate surface area is 98.5 Å². The predicted molar refractivity (Wildman–Crippen MR) is 60.4 cm³/mol. The lowest BCUT2D eigenvalue weighted by molar-refractivity contribution is -0.183. The Balaban J connectivity index is 1.89. The summed E-state index contributed by atoms with van der Waals surface area (Å²) in [5.74, 6) is 0.639. The molecule has 2 rings (SSSR count). The summed E-state index contributed by atoms with van der Waals surface area (Å²) >= 11 is 1.83. The van der Waals surface area contributed by atoms with Crippen LogP contribution in [0.15, 0.2) is 0 Å². The van der Waals surface area contributed by atoms with E-state index in [1.165, 1.54) is 0 Å². The van der Waals surface area contributed by atoms with E-state index in [-0.39, 0.29) is 17.7 Å². The Morgan fingerprint density at radius 1 is 1.25 bits per heavy atom. The van der Waals surface area contributed by atoms with Gasteiger partial charge in [0.05, 0.1) is 10.8 Å². The van der Waals surface area contributed by atoms with Crippen molar-refractivity contribution in [3.05, 3.63) is 0 Å². The molecule has 5 heteroatoms. The number of hydrogen-bond donors (Lipinski definition) is 1. The smallest absolute Gasteiger partial charge is 0.303 e. The first-order chi connectivity index (χ1) is 7.41. The van der Waals surface area contributed by atoms with Gasteiger partial charge in [0.15, 0.2) is 0 Å². The van der Waals surface area contributed by atoms with E-state index in [1.807, 2.05) is 11.8 Å². The molecule has 0 radical (unpaired) electrons. The molecule has 1 saturated heterocycles. The fourth-order valence-corrected chi connectivity index (χ4v) is 3.94. The van der Waals surface area contributed by atoms with Gasteiger partial charge in [-0.25, -0.2) is 0 Å². The molecule has 1 atom stereocenters. The summed E-state index contributed by atoms with van der Waals surface area (Å²) in [6, 6.07) is 0. The highest BCUT2D eigenvalue weighted by molar-refractivity contribution is 8.00. The van der Waals surface area contributed by atoms with Gasteiger partial charge in [0, 0.05) is 0 Å². The highest BCUT2D eigenvalue weighted by Gasteiger charge is 2.46. The number of hydrogen-bond acceptors (Lipinski definition) is 2. The van der Waals surface area contributed by atoms with Crippen LogP contribution in [0, 0.1) is 11.8 Å². The second-order valence-corrected chi connectivity index (χ2v) is 6.51. The van der Waals surface area contributed by atoms with Crippen molar-refractivity contribution in [3.8, 4) is 0 Å². The monoisotopic (exact) mass is 253 g/mol. The van der Waals surface area contributed by atoms with Crippen LogP contribution in [0.4, 0.5) is 13.2 Å². The fourth-order valence-electron chi connectivity index (χ4n) is 2.50. The number of nitrogens with one attached hydrogen (secondary N) is 1. The molecule has 94 valence electrons. The van der Waals surface area contributed by atoms with Crippen molar-refractivity contribution < 1.29 is 13.2 Å². The van der Waals surface area contributed by atoms with Crippen LogP contribution in [0.5, 0.6) is 0 Å². The molecule has 2 aliphatic rings. The molecule has 1 nitrogen and oxygen atoms in total. The van der Waals surface area contributed by atoms with Gasteiger partial charge in [0.1, 0.15) is 0 Å². The average molecular weight is 253 g/mol. The van der Waals surface area contributed by atoms with Crippen molar-refractivity contribution in [2.24, 2.45) is 11.8 Å². The van der Waals surface area contributed by atoms with Crippen LogP contribution in [0.3, 0.4) is 0 Å². The van der Waals surface area contributed by atoms with Crippen LogP contribution in [0.2, 0.25) is 0 Å². The molecule has 1 aliphatic heterocycles. The molecule has 1 N–H and O–H groups in total. The maximum absolute atomic E-state index is 12.5. The van der Waals surface area contributed by atoms with Crippen LogP contribution in [0.1, 0.15) is 32.6 Å². The van der Waals surface area contributed by atoms with Crippen molar-refractivity contribution in [1.29, 1.82) is 0 Å². The summed E-state index contributed by atoms with van der Waals surface area (Å²) < 4.78 is 37.6. The van der Waals surface area contributed by atoms with Gasteiger partial charge in [-0.05, 0) is 43.9 Å². The van der Waals surface area contributed by atoms with Crippen molar-refractivity contribution >= 4 is 11.8 Å². The first-order valence-corrected chi connectivity index (χ1v) is 6.86. The lowest BCUT2D eigenvalue weighted by Gasteiger charge is -2.44. The minimum absolute atomic E-state index is 0.0474. The third-order valence-electron chi connectivity index (χ3n) is 3.67. The summed E-state index contributed by atoms with van der Waals surface area (Å²) in [6.45, 7) is 3.12. The van der Waals surface area contributed by atoms with Gasteiger partial charge in [-0.3, -0.25) is 0 Å². The zero-order valence-corrected chi connectivity index (χ0v) is 10.3. The maximum Gasteiger partial charge on any atom is 0.391 e. The molecular weight excluding hydrogens is 235 g/mol. The highest BCUT2D eigenvalue weighted by atomic mass is 32.2. The van der Waals surface area contributed by atoms with E-state index >= 15 is 0 Å². The lowest BCUT2D eigenvalue weighted by atomic mass is 9.85. The summed E-state index contributed by atoms with van der Waals surface area (Å²) in [6.07, 6.45) is -2.09. The van der Waals surface area contributed by atoms with Gasteiger partial charge in [0.2, 0.25) is 0 Å². The van der Waals surface area contributed by atoms with Crippen LogP contribution < -0.4 is 5.32 Å². The molecule has 1 unspecified atom stereocenters. The van der Waals surface area contributed by atoms with Gasteiger partial charge < -0.3 is 5.32 Å². The van der Waals surface area contributed by atoms with Gasteiger partial charge in [-0.15, -0.1) is 11.8 Å². The Hall–Kier alpha value is 0.100. The Morgan fingerprint density at radius 3 is 2.31 bits per heavy atom.